The molecule has 35 heavy (non-hydrogen) atoms. The second kappa shape index (κ2) is 7.93. The van der Waals surface area contributed by atoms with Gasteiger partial charge in [0.25, 0.3) is 0 Å². The van der Waals surface area contributed by atoms with E-state index in [2.05, 4.69) is 124 Å². The maximum atomic E-state index is 2.56. The molecule has 0 bridgehead atoms. The Bertz CT molecular complexity index is 1330. The highest BCUT2D eigenvalue weighted by Gasteiger charge is 2.36. The molecule has 0 atom stereocenters. The molecule has 0 N–H and O–H groups in total. The van der Waals surface area contributed by atoms with E-state index in [0.29, 0.717) is 0 Å². The first kappa shape index (κ1) is 22.3. The fourth-order valence-electron chi connectivity index (χ4n) is 6.50. The van der Waals surface area contributed by atoms with Gasteiger partial charge in [-0.05, 0) is 62.2 Å². The third kappa shape index (κ3) is 3.40. The number of rotatable bonds is 5. The summed E-state index contributed by atoms with van der Waals surface area (Å²) in [6.45, 7) is 14.7. The molecule has 4 aromatic rings. The summed E-state index contributed by atoms with van der Waals surface area (Å²) >= 11 is 0. The van der Waals surface area contributed by atoms with Crippen LogP contribution in [0.1, 0.15) is 68.0 Å². The maximum absolute atomic E-state index is 2.56. The fraction of sp³-hybridized carbons (Fsp3) is 0.294. The van der Waals surface area contributed by atoms with E-state index in [-0.39, 0.29) is 10.8 Å². The zero-order valence-corrected chi connectivity index (χ0v) is 21.7. The number of hydrogen-bond acceptors (Lipinski definition) is 1. The predicted octanol–water partition coefficient (Wildman–Crippen LogP) is 8.32. The van der Waals surface area contributed by atoms with Crippen molar-refractivity contribution in [2.45, 2.75) is 58.5 Å². The monoisotopic (exact) mass is 457 g/mol. The van der Waals surface area contributed by atoms with Gasteiger partial charge in [0.15, 0.2) is 0 Å². The molecular formula is C34H35N. The molecular weight excluding hydrogens is 422 g/mol. The Morgan fingerprint density at radius 3 is 1.34 bits per heavy atom. The van der Waals surface area contributed by atoms with Crippen LogP contribution in [0, 0.1) is 0 Å². The maximum Gasteiger partial charge on any atom is 0.0237 e. The van der Waals surface area contributed by atoms with Crippen LogP contribution < -0.4 is 0 Å². The highest BCUT2D eigenvalue weighted by Crippen LogP contribution is 2.50. The van der Waals surface area contributed by atoms with Gasteiger partial charge in [0, 0.05) is 23.9 Å². The summed E-state index contributed by atoms with van der Waals surface area (Å²) in [6.07, 6.45) is 0. The van der Waals surface area contributed by atoms with Gasteiger partial charge in [-0.25, -0.2) is 0 Å². The van der Waals surface area contributed by atoms with Gasteiger partial charge in [-0.2, -0.15) is 0 Å². The van der Waals surface area contributed by atoms with E-state index in [4.69, 9.17) is 0 Å². The Morgan fingerprint density at radius 2 is 0.914 bits per heavy atom. The summed E-state index contributed by atoms with van der Waals surface area (Å²) < 4.78 is 0. The molecule has 1 nitrogen and oxygen atoms in total. The molecule has 176 valence electrons. The zero-order valence-electron chi connectivity index (χ0n) is 21.7. The average Bonchev–Trinajstić information content (AvgIpc) is 3.23. The molecule has 0 aliphatic heterocycles. The molecule has 0 unspecified atom stereocenters. The highest BCUT2D eigenvalue weighted by molar-refractivity contribution is 5.81. The van der Waals surface area contributed by atoms with Crippen LogP contribution >= 0.6 is 0 Å². The van der Waals surface area contributed by atoms with Gasteiger partial charge in [0.2, 0.25) is 0 Å². The van der Waals surface area contributed by atoms with Crippen molar-refractivity contribution in [1.82, 2.24) is 4.90 Å². The lowest BCUT2D eigenvalue weighted by atomic mass is 9.82. The second-order valence-corrected chi connectivity index (χ2v) is 11.4. The zero-order chi connectivity index (χ0) is 24.4. The molecule has 0 saturated carbocycles. The van der Waals surface area contributed by atoms with Crippen molar-refractivity contribution >= 4 is 0 Å². The molecule has 0 aromatic heterocycles. The molecule has 1 heteroatoms. The van der Waals surface area contributed by atoms with Gasteiger partial charge in [-0.3, -0.25) is 4.90 Å². The van der Waals surface area contributed by atoms with Gasteiger partial charge >= 0.3 is 0 Å². The van der Waals surface area contributed by atoms with Crippen molar-refractivity contribution in [3.8, 4) is 22.3 Å². The number of nitrogens with zero attached hydrogens (tertiary/aromatic N) is 1. The van der Waals surface area contributed by atoms with Crippen molar-refractivity contribution in [2.75, 3.05) is 6.54 Å². The number of fused-ring (bicyclic) bond motifs is 6. The van der Waals surface area contributed by atoms with Crippen LogP contribution in [0.25, 0.3) is 22.3 Å². The summed E-state index contributed by atoms with van der Waals surface area (Å²) in [5, 5.41) is 0. The van der Waals surface area contributed by atoms with Crippen LogP contribution in [0.3, 0.4) is 0 Å². The van der Waals surface area contributed by atoms with Gasteiger partial charge in [-0.1, -0.05) is 120 Å². The van der Waals surface area contributed by atoms with Crippen molar-refractivity contribution in [2.24, 2.45) is 0 Å². The standard InChI is InChI=1S/C34H35N/c1-6-35(21-23-15-17-27-25-11-7-9-13-29(25)33(2,3)31(27)19-23)22-24-16-18-28-26-12-8-10-14-30(26)34(4,5)32(28)20-24/h7-20H,6,21-22H2,1-5H3. The molecule has 2 aliphatic carbocycles. The topological polar surface area (TPSA) is 3.24 Å². The fourth-order valence-corrected chi connectivity index (χ4v) is 6.50. The van der Waals surface area contributed by atoms with E-state index in [1.807, 2.05) is 0 Å². The molecule has 0 heterocycles. The second-order valence-electron chi connectivity index (χ2n) is 11.4. The molecule has 0 fully saturated rings. The minimum atomic E-state index is 0.0551. The summed E-state index contributed by atoms with van der Waals surface area (Å²) in [5.41, 5.74) is 14.3. The van der Waals surface area contributed by atoms with E-state index >= 15 is 0 Å². The first-order valence-electron chi connectivity index (χ1n) is 13.0. The first-order valence-corrected chi connectivity index (χ1v) is 13.0. The minimum absolute atomic E-state index is 0.0551. The van der Waals surface area contributed by atoms with Crippen LogP contribution in [0.2, 0.25) is 0 Å². The molecule has 6 rings (SSSR count). The van der Waals surface area contributed by atoms with Crippen molar-refractivity contribution in [3.63, 3.8) is 0 Å². The van der Waals surface area contributed by atoms with Crippen molar-refractivity contribution < 1.29 is 0 Å². The lowest BCUT2D eigenvalue weighted by Crippen LogP contribution is -2.23. The Balaban J connectivity index is 1.26. The van der Waals surface area contributed by atoms with E-state index in [0.717, 1.165) is 19.6 Å². The summed E-state index contributed by atoms with van der Waals surface area (Å²) in [4.78, 5) is 2.56. The van der Waals surface area contributed by atoms with Crippen molar-refractivity contribution in [1.29, 1.82) is 0 Å². The number of benzene rings is 4. The Morgan fingerprint density at radius 1 is 0.514 bits per heavy atom. The largest absolute Gasteiger partial charge is 0.295 e. The quantitative estimate of drug-likeness (QED) is 0.291. The summed E-state index contributed by atoms with van der Waals surface area (Å²) in [5.74, 6) is 0. The van der Waals surface area contributed by atoms with E-state index in [1.165, 1.54) is 55.6 Å². The Labute approximate surface area is 210 Å². The SMILES string of the molecule is CCN(Cc1ccc2c(c1)C(C)(C)c1ccccc1-2)Cc1ccc2c(c1)C(C)(C)c1ccccc1-2. The molecule has 0 spiro atoms. The molecule has 2 aliphatic rings. The average molecular weight is 458 g/mol. The van der Waals surface area contributed by atoms with Gasteiger partial charge < -0.3 is 0 Å². The van der Waals surface area contributed by atoms with Crippen LogP contribution in [-0.4, -0.2) is 11.4 Å². The Kier molecular flexibility index (Phi) is 5.06. The van der Waals surface area contributed by atoms with Crippen molar-refractivity contribution in [3.05, 3.63) is 118 Å². The lowest BCUT2D eigenvalue weighted by molar-refractivity contribution is 0.271. The lowest BCUT2D eigenvalue weighted by Gasteiger charge is -2.25. The molecule has 0 saturated heterocycles. The smallest absolute Gasteiger partial charge is 0.0237 e. The summed E-state index contributed by atoms with van der Waals surface area (Å²) in [6, 6.07) is 32.1. The van der Waals surface area contributed by atoms with Crippen LogP contribution in [-0.2, 0) is 23.9 Å². The third-order valence-corrected chi connectivity index (χ3v) is 8.56. The van der Waals surface area contributed by atoms with E-state index in [9.17, 15) is 0 Å². The molecule has 0 radical (unpaired) electrons. The number of hydrogen-bond donors (Lipinski definition) is 0. The van der Waals surface area contributed by atoms with Gasteiger partial charge in [0.05, 0.1) is 0 Å². The third-order valence-electron chi connectivity index (χ3n) is 8.56. The predicted molar refractivity (Wildman–Crippen MR) is 148 cm³/mol. The normalized spacial score (nSPS) is 16.1. The van der Waals surface area contributed by atoms with Crippen LogP contribution in [0.5, 0.6) is 0 Å². The minimum Gasteiger partial charge on any atom is -0.295 e. The van der Waals surface area contributed by atoms with Crippen LogP contribution in [0.15, 0.2) is 84.9 Å². The first-order chi connectivity index (χ1) is 16.8. The van der Waals surface area contributed by atoms with E-state index < -0.39 is 0 Å². The van der Waals surface area contributed by atoms with Crippen LogP contribution in [0.4, 0.5) is 0 Å². The highest BCUT2D eigenvalue weighted by atomic mass is 15.1. The molecule has 4 aromatic carbocycles. The summed E-state index contributed by atoms with van der Waals surface area (Å²) in [7, 11) is 0. The van der Waals surface area contributed by atoms with Gasteiger partial charge in [-0.15, -0.1) is 0 Å². The Hall–Kier alpha value is -3.16. The molecule has 0 amide bonds. The van der Waals surface area contributed by atoms with Gasteiger partial charge in [0.1, 0.15) is 0 Å². The van der Waals surface area contributed by atoms with E-state index in [1.54, 1.807) is 0 Å².